The van der Waals surface area contributed by atoms with Gasteiger partial charge in [0.05, 0.1) is 12.6 Å². The second-order valence-electron chi connectivity index (χ2n) is 8.19. The number of anilines is 1. The molecule has 1 fully saturated rings. The standard InChI is InChI=1S/C23H30FN3O2S/c1-16(29)25-23-21(19-4-2-3-5-20(19)30-23)22(17-6-8-18(24)9-7-17)27-12-10-26(11-13-27)14-15-28/h6-9,22,28H,2-5,10-15H2,1H3,(H,25,29). The number of nitrogens with one attached hydrogen (secondary N) is 1. The van der Waals surface area contributed by atoms with Gasteiger partial charge in [0, 0.05) is 50.1 Å². The summed E-state index contributed by atoms with van der Waals surface area (Å²) in [6.45, 7) is 5.94. The Bertz CT molecular complexity index is 875. The molecule has 1 saturated heterocycles. The molecule has 1 amide bonds. The van der Waals surface area contributed by atoms with Crippen molar-refractivity contribution >= 4 is 22.2 Å². The number of fused-ring (bicyclic) bond motifs is 1. The van der Waals surface area contributed by atoms with Gasteiger partial charge in [0.1, 0.15) is 10.8 Å². The maximum Gasteiger partial charge on any atom is 0.221 e. The number of carbonyl (C=O) groups is 1. The molecule has 7 heteroatoms. The monoisotopic (exact) mass is 431 g/mol. The Morgan fingerprint density at radius 3 is 2.53 bits per heavy atom. The predicted molar refractivity (Wildman–Crippen MR) is 119 cm³/mol. The van der Waals surface area contributed by atoms with Crippen LogP contribution in [0.1, 0.15) is 47.4 Å². The Hall–Kier alpha value is -1.80. The van der Waals surface area contributed by atoms with Crippen LogP contribution in [0.25, 0.3) is 0 Å². The van der Waals surface area contributed by atoms with Gasteiger partial charge < -0.3 is 10.4 Å². The molecule has 2 heterocycles. The van der Waals surface area contributed by atoms with E-state index in [-0.39, 0.29) is 24.4 Å². The molecule has 1 aromatic heterocycles. The molecule has 1 aliphatic carbocycles. The summed E-state index contributed by atoms with van der Waals surface area (Å²) in [4.78, 5) is 18.1. The number of aliphatic hydroxyl groups is 1. The van der Waals surface area contributed by atoms with Gasteiger partial charge in [-0.3, -0.25) is 14.6 Å². The Kier molecular flexibility index (Phi) is 6.83. The molecule has 0 radical (unpaired) electrons. The molecule has 0 saturated carbocycles. The highest BCUT2D eigenvalue weighted by Gasteiger charge is 2.33. The molecule has 2 aliphatic rings. The van der Waals surface area contributed by atoms with Crippen LogP contribution in [0, 0.1) is 5.82 Å². The van der Waals surface area contributed by atoms with Crippen molar-refractivity contribution in [3.8, 4) is 0 Å². The third-order valence-corrected chi connectivity index (χ3v) is 7.37. The summed E-state index contributed by atoms with van der Waals surface area (Å²) in [6.07, 6.45) is 4.44. The van der Waals surface area contributed by atoms with E-state index in [0.29, 0.717) is 6.54 Å². The molecule has 1 aromatic carbocycles. The fourth-order valence-corrected chi connectivity index (χ4v) is 6.09. The van der Waals surface area contributed by atoms with E-state index >= 15 is 0 Å². The summed E-state index contributed by atoms with van der Waals surface area (Å²) < 4.78 is 13.7. The first-order chi connectivity index (χ1) is 14.6. The number of amides is 1. The molecule has 1 unspecified atom stereocenters. The van der Waals surface area contributed by atoms with Crippen LogP contribution < -0.4 is 5.32 Å². The average Bonchev–Trinajstić information content (AvgIpc) is 3.08. The topological polar surface area (TPSA) is 55.8 Å². The van der Waals surface area contributed by atoms with Gasteiger partial charge in [-0.1, -0.05) is 12.1 Å². The highest BCUT2D eigenvalue weighted by Crippen LogP contribution is 2.45. The van der Waals surface area contributed by atoms with Crippen LogP contribution in [0.2, 0.25) is 0 Å². The number of piperazine rings is 1. The van der Waals surface area contributed by atoms with Gasteiger partial charge in [-0.25, -0.2) is 4.39 Å². The van der Waals surface area contributed by atoms with Crippen LogP contribution in [0.3, 0.4) is 0 Å². The number of aryl methyl sites for hydroxylation is 1. The first kappa shape index (κ1) is 21.4. The maximum absolute atomic E-state index is 13.7. The quantitative estimate of drug-likeness (QED) is 0.736. The number of aliphatic hydroxyl groups excluding tert-OH is 1. The van der Waals surface area contributed by atoms with Crippen LogP contribution in [0.4, 0.5) is 9.39 Å². The van der Waals surface area contributed by atoms with Gasteiger partial charge in [0.25, 0.3) is 0 Å². The minimum absolute atomic E-state index is 0.0122. The number of rotatable bonds is 6. The highest BCUT2D eigenvalue weighted by atomic mass is 32.1. The van der Waals surface area contributed by atoms with Crippen LogP contribution in [0.15, 0.2) is 24.3 Å². The van der Waals surface area contributed by atoms with E-state index < -0.39 is 0 Å². The molecule has 2 aromatic rings. The third kappa shape index (κ3) is 4.59. The lowest BCUT2D eigenvalue weighted by molar-refractivity contribution is -0.114. The Morgan fingerprint density at radius 2 is 1.87 bits per heavy atom. The van der Waals surface area contributed by atoms with E-state index in [1.54, 1.807) is 18.3 Å². The number of nitrogens with zero attached hydrogens (tertiary/aromatic N) is 2. The molecule has 2 N–H and O–H groups in total. The zero-order valence-corrected chi connectivity index (χ0v) is 18.3. The molecular formula is C23H30FN3O2S. The van der Waals surface area contributed by atoms with Gasteiger partial charge in [0.2, 0.25) is 5.91 Å². The highest BCUT2D eigenvalue weighted by molar-refractivity contribution is 7.16. The summed E-state index contributed by atoms with van der Waals surface area (Å²) in [5.74, 6) is -0.292. The molecule has 5 nitrogen and oxygen atoms in total. The minimum Gasteiger partial charge on any atom is -0.395 e. The van der Waals surface area contributed by atoms with Gasteiger partial charge in [-0.2, -0.15) is 0 Å². The van der Waals surface area contributed by atoms with E-state index in [9.17, 15) is 14.3 Å². The van der Waals surface area contributed by atoms with Gasteiger partial charge in [0.15, 0.2) is 0 Å². The average molecular weight is 432 g/mol. The number of hydrogen-bond donors (Lipinski definition) is 2. The SMILES string of the molecule is CC(=O)Nc1sc2c(c1C(c1ccc(F)cc1)N1CCN(CCO)CC1)CCCC2. The minimum atomic E-state index is -0.236. The lowest BCUT2D eigenvalue weighted by atomic mass is 9.88. The maximum atomic E-state index is 13.7. The van der Waals surface area contributed by atoms with E-state index in [0.717, 1.165) is 56.0 Å². The van der Waals surface area contributed by atoms with E-state index in [1.807, 2.05) is 12.1 Å². The Morgan fingerprint density at radius 1 is 1.17 bits per heavy atom. The van der Waals surface area contributed by atoms with Crippen molar-refractivity contribution < 1.29 is 14.3 Å². The first-order valence-electron chi connectivity index (χ1n) is 10.8. The van der Waals surface area contributed by atoms with Gasteiger partial charge >= 0.3 is 0 Å². The summed E-state index contributed by atoms with van der Waals surface area (Å²) in [7, 11) is 0. The molecule has 0 bridgehead atoms. The predicted octanol–water partition coefficient (Wildman–Crippen LogP) is 3.42. The molecule has 1 aliphatic heterocycles. The number of β-amino-alcohol motifs (C(OH)–C–C–N with tert-alkyl or cyclic N) is 1. The molecule has 0 spiro atoms. The van der Waals surface area contributed by atoms with E-state index in [2.05, 4.69) is 15.1 Å². The molecule has 30 heavy (non-hydrogen) atoms. The van der Waals surface area contributed by atoms with Crippen molar-refractivity contribution in [3.05, 3.63) is 51.7 Å². The smallest absolute Gasteiger partial charge is 0.221 e. The zero-order valence-electron chi connectivity index (χ0n) is 17.5. The number of benzene rings is 1. The van der Waals surface area contributed by atoms with Crippen molar-refractivity contribution in [1.82, 2.24) is 9.80 Å². The fraction of sp³-hybridized carbons (Fsp3) is 0.522. The molecule has 162 valence electrons. The van der Waals surface area contributed by atoms with Gasteiger partial charge in [-0.15, -0.1) is 11.3 Å². The summed E-state index contributed by atoms with van der Waals surface area (Å²) in [5, 5.41) is 13.3. The zero-order chi connectivity index (χ0) is 21.1. The number of carbonyl (C=O) groups excluding carboxylic acids is 1. The third-order valence-electron chi connectivity index (χ3n) is 6.15. The van der Waals surface area contributed by atoms with Crippen molar-refractivity contribution in [1.29, 1.82) is 0 Å². The second-order valence-corrected chi connectivity index (χ2v) is 9.30. The first-order valence-corrected chi connectivity index (χ1v) is 11.6. The summed E-state index contributed by atoms with van der Waals surface area (Å²) in [5.41, 5.74) is 3.64. The number of hydrogen-bond acceptors (Lipinski definition) is 5. The summed E-state index contributed by atoms with van der Waals surface area (Å²) in [6, 6.07) is 6.80. The van der Waals surface area contributed by atoms with Crippen LogP contribution in [0.5, 0.6) is 0 Å². The van der Waals surface area contributed by atoms with Crippen LogP contribution in [-0.4, -0.2) is 60.1 Å². The van der Waals surface area contributed by atoms with Gasteiger partial charge in [-0.05, 0) is 48.9 Å². The molecule has 1 atom stereocenters. The Balaban J connectivity index is 1.75. The Labute approximate surface area is 181 Å². The summed E-state index contributed by atoms with van der Waals surface area (Å²) >= 11 is 1.71. The van der Waals surface area contributed by atoms with Crippen LogP contribution >= 0.6 is 11.3 Å². The van der Waals surface area contributed by atoms with Crippen molar-refractivity contribution in [2.75, 3.05) is 44.6 Å². The normalized spacial score (nSPS) is 18.8. The van der Waals surface area contributed by atoms with Crippen molar-refractivity contribution in [2.45, 2.75) is 38.6 Å². The fourth-order valence-electron chi connectivity index (χ4n) is 4.72. The van der Waals surface area contributed by atoms with Crippen LogP contribution in [-0.2, 0) is 17.6 Å². The molecule has 4 rings (SSSR count). The number of halogens is 1. The lowest BCUT2D eigenvalue weighted by Crippen LogP contribution is -2.48. The molecular weight excluding hydrogens is 401 g/mol. The van der Waals surface area contributed by atoms with Crippen molar-refractivity contribution in [3.63, 3.8) is 0 Å². The second kappa shape index (κ2) is 9.56. The largest absolute Gasteiger partial charge is 0.395 e. The van der Waals surface area contributed by atoms with Crippen molar-refractivity contribution in [2.24, 2.45) is 0 Å². The van der Waals surface area contributed by atoms with E-state index in [1.165, 1.54) is 34.6 Å². The van der Waals surface area contributed by atoms with E-state index in [4.69, 9.17) is 0 Å². The lowest BCUT2D eigenvalue weighted by Gasteiger charge is -2.40. The number of thiophene rings is 1.